The van der Waals surface area contributed by atoms with E-state index < -0.39 is 28.2 Å². The molecule has 0 saturated carbocycles. The quantitative estimate of drug-likeness (QED) is 0.433. The maximum Gasteiger partial charge on any atom is 0.362 e. The van der Waals surface area contributed by atoms with Gasteiger partial charge in [-0.05, 0) is 36.2 Å². The molecular weight excluding hydrogens is 443 g/mol. The molecule has 144 valence electrons. The van der Waals surface area contributed by atoms with Crippen LogP contribution >= 0.6 is 46.6 Å². The second-order valence-corrected chi connectivity index (χ2v) is 7.37. The highest BCUT2D eigenvalue weighted by molar-refractivity contribution is 7.99. The standard InChI is InChI=1S/C17H12Cl3F2NO3S/c1-3-8-5-6-9(18)14(13(8)19)27-10-7-11(17(20,21)22)23-15(24)12(10)16(25)26-4-2/h3,5-7H,1,4H2,2H3,(H,23,24). The number of carbonyl (C=O) groups is 1. The van der Waals surface area contributed by atoms with Crippen molar-refractivity contribution >= 4 is 58.6 Å². The van der Waals surface area contributed by atoms with E-state index >= 15 is 0 Å². The molecule has 4 nitrogen and oxygen atoms in total. The number of hydrogen-bond acceptors (Lipinski definition) is 4. The summed E-state index contributed by atoms with van der Waals surface area (Å²) < 4.78 is 31.9. The first-order valence-electron chi connectivity index (χ1n) is 7.40. The largest absolute Gasteiger partial charge is 0.462 e. The topological polar surface area (TPSA) is 59.2 Å². The Morgan fingerprint density at radius 3 is 2.63 bits per heavy atom. The molecule has 0 saturated heterocycles. The zero-order chi connectivity index (χ0) is 20.4. The van der Waals surface area contributed by atoms with E-state index in [1.54, 1.807) is 13.0 Å². The molecule has 1 aromatic carbocycles. The molecule has 2 rings (SSSR count). The fourth-order valence-electron chi connectivity index (χ4n) is 2.07. The van der Waals surface area contributed by atoms with Crippen LogP contribution in [0, 0.1) is 0 Å². The predicted octanol–water partition coefficient (Wildman–Crippen LogP) is 5.94. The Hall–Kier alpha value is -1.54. The van der Waals surface area contributed by atoms with Gasteiger partial charge in [0.05, 0.1) is 21.5 Å². The number of alkyl halides is 3. The second kappa shape index (κ2) is 8.65. The lowest BCUT2D eigenvalue weighted by molar-refractivity contribution is 0.0517. The van der Waals surface area contributed by atoms with E-state index in [9.17, 15) is 18.4 Å². The zero-order valence-corrected chi connectivity index (χ0v) is 16.8. The molecule has 0 aliphatic rings. The van der Waals surface area contributed by atoms with Crippen molar-refractivity contribution in [3.63, 3.8) is 0 Å². The van der Waals surface area contributed by atoms with E-state index in [0.717, 1.165) is 17.8 Å². The van der Waals surface area contributed by atoms with Crippen LogP contribution in [-0.2, 0) is 10.1 Å². The van der Waals surface area contributed by atoms with Crippen molar-refractivity contribution in [3.05, 3.63) is 62.0 Å². The summed E-state index contributed by atoms with van der Waals surface area (Å²) in [4.78, 5) is 26.5. The summed E-state index contributed by atoms with van der Waals surface area (Å²) >= 11 is 18.2. The molecule has 0 atom stereocenters. The Morgan fingerprint density at radius 1 is 1.41 bits per heavy atom. The van der Waals surface area contributed by atoms with Crippen molar-refractivity contribution in [2.75, 3.05) is 6.61 Å². The summed E-state index contributed by atoms with van der Waals surface area (Å²) in [6, 6.07) is 4.03. The SMILES string of the molecule is C=Cc1ccc(Cl)c(Sc2cc(C(F)(F)Cl)[nH]c(=O)c2C(=O)OCC)c1Cl. The molecule has 0 amide bonds. The summed E-state index contributed by atoms with van der Waals surface area (Å²) in [6.07, 6.45) is 1.48. The third kappa shape index (κ3) is 4.85. The smallest absolute Gasteiger partial charge is 0.362 e. The summed E-state index contributed by atoms with van der Waals surface area (Å²) in [6.45, 7) is 5.15. The molecular formula is C17H12Cl3F2NO3S. The van der Waals surface area contributed by atoms with Crippen LogP contribution in [0.3, 0.4) is 0 Å². The number of H-pyrrole nitrogens is 1. The van der Waals surface area contributed by atoms with E-state index in [0.29, 0.717) is 5.56 Å². The van der Waals surface area contributed by atoms with Crippen LogP contribution in [0.5, 0.6) is 0 Å². The highest BCUT2D eigenvalue weighted by atomic mass is 35.5. The monoisotopic (exact) mass is 453 g/mol. The van der Waals surface area contributed by atoms with Crippen molar-refractivity contribution in [2.24, 2.45) is 0 Å². The van der Waals surface area contributed by atoms with Crippen molar-refractivity contribution in [2.45, 2.75) is 22.1 Å². The summed E-state index contributed by atoms with van der Waals surface area (Å²) in [7, 11) is 0. The molecule has 0 aliphatic carbocycles. The number of benzene rings is 1. The van der Waals surface area contributed by atoms with E-state index in [1.807, 2.05) is 4.98 Å². The van der Waals surface area contributed by atoms with Crippen LogP contribution in [0.25, 0.3) is 6.08 Å². The van der Waals surface area contributed by atoms with Gasteiger partial charge < -0.3 is 9.72 Å². The van der Waals surface area contributed by atoms with E-state index in [1.165, 1.54) is 12.1 Å². The first kappa shape index (κ1) is 21.8. The molecule has 1 aromatic heterocycles. The lowest BCUT2D eigenvalue weighted by Crippen LogP contribution is -2.24. The van der Waals surface area contributed by atoms with Gasteiger partial charge in [-0.1, -0.05) is 53.7 Å². The third-order valence-electron chi connectivity index (χ3n) is 3.29. The van der Waals surface area contributed by atoms with Gasteiger partial charge in [-0.3, -0.25) is 4.79 Å². The van der Waals surface area contributed by atoms with Gasteiger partial charge in [-0.25, -0.2) is 4.79 Å². The molecule has 10 heteroatoms. The second-order valence-electron chi connectivity index (χ2n) is 5.06. The van der Waals surface area contributed by atoms with Crippen molar-refractivity contribution in [3.8, 4) is 0 Å². The van der Waals surface area contributed by atoms with Crippen molar-refractivity contribution in [1.82, 2.24) is 4.98 Å². The Kier molecular flexibility index (Phi) is 6.97. The van der Waals surface area contributed by atoms with E-state index in [4.69, 9.17) is 39.5 Å². The fourth-order valence-corrected chi connectivity index (χ4v) is 3.90. The van der Waals surface area contributed by atoms with Gasteiger partial charge in [0.2, 0.25) is 0 Å². The van der Waals surface area contributed by atoms with Crippen LogP contribution in [0.15, 0.2) is 39.4 Å². The highest BCUT2D eigenvalue weighted by Gasteiger charge is 2.32. The third-order valence-corrected chi connectivity index (χ3v) is 5.61. The first-order valence-corrected chi connectivity index (χ1v) is 9.35. The van der Waals surface area contributed by atoms with Gasteiger partial charge in [0.1, 0.15) is 11.3 Å². The lowest BCUT2D eigenvalue weighted by atomic mass is 10.2. The Morgan fingerprint density at radius 2 is 2.07 bits per heavy atom. The van der Waals surface area contributed by atoms with E-state index in [2.05, 4.69) is 6.58 Å². The van der Waals surface area contributed by atoms with Crippen LogP contribution in [0.2, 0.25) is 10.0 Å². The number of rotatable bonds is 6. The maximum absolute atomic E-state index is 13.5. The average Bonchev–Trinajstić information content (AvgIpc) is 2.57. The van der Waals surface area contributed by atoms with Gasteiger partial charge in [0.15, 0.2) is 0 Å². The predicted molar refractivity (Wildman–Crippen MR) is 103 cm³/mol. The number of esters is 1. The number of aromatic amines is 1. The van der Waals surface area contributed by atoms with Crippen LogP contribution < -0.4 is 5.56 Å². The molecule has 0 aliphatic heterocycles. The first-order chi connectivity index (χ1) is 12.6. The van der Waals surface area contributed by atoms with Gasteiger partial charge >= 0.3 is 11.4 Å². The summed E-state index contributed by atoms with van der Waals surface area (Å²) in [5, 5.41) is -3.46. The van der Waals surface area contributed by atoms with Crippen molar-refractivity contribution < 1.29 is 18.3 Å². The minimum absolute atomic E-state index is 0.0107. The molecule has 27 heavy (non-hydrogen) atoms. The fraction of sp³-hybridized carbons (Fsp3) is 0.176. The van der Waals surface area contributed by atoms with Crippen LogP contribution in [0.1, 0.15) is 28.5 Å². The van der Waals surface area contributed by atoms with Gasteiger partial charge in [-0.15, -0.1) is 0 Å². The summed E-state index contributed by atoms with van der Waals surface area (Å²) in [5.41, 5.74) is -1.87. The lowest BCUT2D eigenvalue weighted by Gasteiger charge is -2.14. The zero-order valence-electron chi connectivity index (χ0n) is 13.7. The number of carbonyl (C=O) groups excluding carboxylic acids is 1. The Bertz CT molecular complexity index is 958. The van der Waals surface area contributed by atoms with Gasteiger partial charge in [-0.2, -0.15) is 8.78 Å². The van der Waals surface area contributed by atoms with Crippen LogP contribution in [-0.4, -0.2) is 17.6 Å². The molecule has 0 fully saturated rings. The number of hydrogen-bond donors (Lipinski definition) is 1. The van der Waals surface area contributed by atoms with Gasteiger partial charge in [0.25, 0.3) is 5.56 Å². The van der Waals surface area contributed by atoms with Gasteiger partial charge in [0, 0.05) is 4.90 Å². The normalized spacial score (nSPS) is 11.3. The minimum atomic E-state index is -3.85. The molecule has 0 bridgehead atoms. The molecule has 0 spiro atoms. The number of pyridine rings is 1. The van der Waals surface area contributed by atoms with Crippen molar-refractivity contribution in [1.29, 1.82) is 0 Å². The summed E-state index contributed by atoms with van der Waals surface area (Å²) in [5.74, 6) is -0.974. The number of ether oxygens (including phenoxy) is 1. The molecule has 1 heterocycles. The Balaban J connectivity index is 2.71. The van der Waals surface area contributed by atoms with E-state index in [-0.39, 0.29) is 26.4 Å². The number of nitrogens with one attached hydrogen (secondary N) is 1. The molecule has 1 N–H and O–H groups in total. The average molecular weight is 455 g/mol. The minimum Gasteiger partial charge on any atom is -0.462 e. The maximum atomic E-state index is 13.5. The number of halogens is 5. The number of aromatic nitrogens is 1. The molecule has 0 unspecified atom stereocenters. The molecule has 0 radical (unpaired) electrons. The highest BCUT2D eigenvalue weighted by Crippen LogP contribution is 2.42. The molecule has 2 aromatic rings. The Labute approximate surface area is 172 Å². The van der Waals surface area contributed by atoms with Crippen LogP contribution in [0.4, 0.5) is 8.78 Å².